The van der Waals surface area contributed by atoms with Gasteiger partial charge in [0.1, 0.15) is 11.4 Å². The van der Waals surface area contributed by atoms with E-state index >= 15 is 0 Å². The Morgan fingerprint density at radius 3 is 2.36 bits per heavy atom. The molecule has 2 aromatic heterocycles. The first-order valence-corrected chi connectivity index (χ1v) is 6.95. The van der Waals surface area contributed by atoms with Gasteiger partial charge in [-0.25, -0.2) is 4.68 Å². The molecule has 9 nitrogen and oxygen atoms in total. The monoisotopic (exact) mass is 304 g/mol. The molecule has 0 bridgehead atoms. The standard InChI is InChI=1S/C13H16N6O3/c1-9-13(19(20)21)10(2)18(16-9)12-4-3-11(14-15-12)17-5-7-22-8-6-17/h3-4H,5-8H2,1-2H3. The molecule has 0 N–H and O–H groups in total. The Hall–Kier alpha value is -2.55. The summed E-state index contributed by atoms with van der Waals surface area (Å²) in [6, 6.07) is 3.61. The number of nitro groups is 1. The van der Waals surface area contributed by atoms with Crippen molar-refractivity contribution in [1.29, 1.82) is 0 Å². The summed E-state index contributed by atoms with van der Waals surface area (Å²) in [6.45, 7) is 6.16. The van der Waals surface area contributed by atoms with Crippen molar-refractivity contribution >= 4 is 11.5 Å². The molecule has 22 heavy (non-hydrogen) atoms. The summed E-state index contributed by atoms with van der Waals surface area (Å²) in [5, 5.41) is 23.6. The van der Waals surface area contributed by atoms with Crippen LogP contribution in [0.1, 0.15) is 11.4 Å². The molecule has 1 aliphatic rings. The highest BCUT2D eigenvalue weighted by atomic mass is 16.6. The van der Waals surface area contributed by atoms with Crippen LogP contribution in [0.2, 0.25) is 0 Å². The molecule has 0 amide bonds. The number of nitrogens with zero attached hydrogens (tertiary/aromatic N) is 6. The van der Waals surface area contributed by atoms with Crippen molar-refractivity contribution in [1.82, 2.24) is 20.0 Å². The molecule has 0 radical (unpaired) electrons. The van der Waals surface area contributed by atoms with Gasteiger partial charge in [0.05, 0.1) is 18.1 Å². The van der Waals surface area contributed by atoms with Crippen molar-refractivity contribution in [2.24, 2.45) is 0 Å². The van der Waals surface area contributed by atoms with Gasteiger partial charge in [-0.2, -0.15) is 5.10 Å². The van der Waals surface area contributed by atoms with Crippen LogP contribution in [0, 0.1) is 24.0 Å². The van der Waals surface area contributed by atoms with E-state index in [1.165, 1.54) is 4.68 Å². The minimum atomic E-state index is -0.427. The van der Waals surface area contributed by atoms with Crippen LogP contribution in [-0.4, -0.2) is 51.2 Å². The van der Waals surface area contributed by atoms with Gasteiger partial charge in [-0.15, -0.1) is 10.2 Å². The zero-order chi connectivity index (χ0) is 15.7. The molecule has 1 saturated heterocycles. The maximum absolute atomic E-state index is 11.0. The normalized spacial score (nSPS) is 15.1. The van der Waals surface area contributed by atoms with Crippen LogP contribution in [0.4, 0.5) is 11.5 Å². The van der Waals surface area contributed by atoms with Gasteiger partial charge in [0.15, 0.2) is 11.6 Å². The first kappa shape index (κ1) is 14.4. The smallest absolute Gasteiger partial charge is 0.313 e. The lowest BCUT2D eigenvalue weighted by molar-refractivity contribution is -0.386. The van der Waals surface area contributed by atoms with Crippen molar-refractivity contribution in [3.8, 4) is 5.82 Å². The van der Waals surface area contributed by atoms with Gasteiger partial charge >= 0.3 is 5.69 Å². The SMILES string of the molecule is Cc1nn(-c2ccc(N3CCOCC3)nn2)c(C)c1[N+](=O)[O-]. The van der Waals surface area contributed by atoms with Crippen LogP contribution in [0.25, 0.3) is 5.82 Å². The maximum atomic E-state index is 11.0. The first-order chi connectivity index (χ1) is 10.6. The molecular weight excluding hydrogens is 288 g/mol. The second-order valence-electron chi connectivity index (χ2n) is 5.04. The lowest BCUT2D eigenvalue weighted by Gasteiger charge is -2.27. The summed E-state index contributed by atoms with van der Waals surface area (Å²) >= 11 is 0. The largest absolute Gasteiger partial charge is 0.378 e. The minimum absolute atomic E-state index is 0.0130. The molecule has 3 rings (SSSR count). The van der Waals surface area contributed by atoms with Gasteiger partial charge < -0.3 is 9.64 Å². The number of hydrogen-bond acceptors (Lipinski definition) is 7. The fraction of sp³-hybridized carbons (Fsp3) is 0.462. The number of aromatic nitrogens is 4. The summed E-state index contributed by atoms with van der Waals surface area (Å²) in [7, 11) is 0. The molecule has 0 unspecified atom stereocenters. The Balaban J connectivity index is 1.90. The van der Waals surface area contributed by atoms with Crippen LogP contribution < -0.4 is 4.90 Å². The van der Waals surface area contributed by atoms with Crippen molar-refractivity contribution in [3.63, 3.8) is 0 Å². The third kappa shape index (κ3) is 2.50. The fourth-order valence-corrected chi connectivity index (χ4v) is 2.51. The fourth-order valence-electron chi connectivity index (χ4n) is 2.51. The number of rotatable bonds is 3. The van der Waals surface area contributed by atoms with Gasteiger partial charge in [0, 0.05) is 13.1 Å². The van der Waals surface area contributed by atoms with Crippen LogP contribution in [0.5, 0.6) is 0 Å². The Kier molecular flexibility index (Phi) is 3.72. The molecule has 0 saturated carbocycles. The van der Waals surface area contributed by atoms with Gasteiger partial charge in [-0.3, -0.25) is 10.1 Å². The van der Waals surface area contributed by atoms with E-state index in [0.29, 0.717) is 30.4 Å². The lowest BCUT2D eigenvalue weighted by Crippen LogP contribution is -2.36. The quantitative estimate of drug-likeness (QED) is 0.616. The van der Waals surface area contributed by atoms with E-state index in [9.17, 15) is 10.1 Å². The highest BCUT2D eigenvalue weighted by Crippen LogP contribution is 2.24. The molecule has 9 heteroatoms. The summed E-state index contributed by atoms with van der Waals surface area (Å²) < 4.78 is 6.75. The molecule has 3 heterocycles. The van der Waals surface area contributed by atoms with Crippen molar-refractivity contribution < 1.29 is 9.66 Å². The van der Waals surface area contributed by atoms with Crippen LogP contribution >= 0.6 is 0 Å². The summed E-state index contributed by atoms with van der Waals surface area (Å²) in [5.41, 5.74) is 0.816. The van der Waals surface area contributed by atoms with Crippen LogP contribution in [-0.2, 0) is 4.74 Å². The molecule has 2 aromatic rings. The predicted molar refractivity (Wildman–Crippen MR) is 78.3 cm³/mol. The molecule has 1 aliphatic heterocycles. The topological polar surface area (TPSA) is 99.2 Å². The number of hydrogen-bond donors (Lipinski definition) is 0. The Labute approximate surface area is 126 Å². The Bertz CT molecular complexity index is 691. The van der Waals surface area contributed by atoms with E-state index in [4.69, 9.17) is 4.74 Å². The average molecular weight is 304 g/mol. The zero-order valence-electron chi connectivity index (χ0n) is 12.4. The predicted octanol–water partition coefficient (Wildman–Crippen LogP) is 1.02. The van der Waals surface area contributed by atoms with Crippen molar-refractivity contribution in [2.45, 2.75) is 13.8 Å². The highest BCUT2D eigenvalue weighted by Gasteiger charge is 2.23. The van der Waals surface area contributed by atoms with Gasteiger partial charge in [0.25, 0.3) is 0 Å². The van der Waals surface area contributed by atoms with E-state index < -0.39 is 4.92 Å². The zero-order valence-corrected chi connectivity index (χ0v) is 12.4. The summed E-state index contributed by atoms with van der Waals surface area (Å²) in [4.78, 5) is 12.7. The second kappa shape index (κ2) is 5.68. The Morgan fingerprint density at radius 2 is 1.82 bits per heavy atom. The molecule has 1 fully saturated rings. The van der Waals surface area contributed by atoms with Gasteiger partial charge in [-0.05, 0) is 26.0 Å². The first-order valence-electron chi connectivity index (χ1n) is 6.95. The van der Waals surface area contributed by atoms with E-state index in [0.717, 1.165) is 18.9 Å². The number of anilines is 1. The summed E-state index contributed by atoms with van der Waals surface area (Å²) in [5.74, 6) is 1.23. The average Bonchev–Trinajstić information content (AvgIpc) is 2.83. The van der Waals surface area contributed by atoms with E-state index in [1.54, 1.807) is 19.9 Å². The summed E-state index contributed by atoms with van der Waals surface area (Å²) in [6.07, 6.45) is 0. The molecular formula is C13H16N6O3. The molecule has 0 aliphatic carbocycles. The van der Waals surface area contributed by atoms with E-state index in [1.807, 2.05) is 6.07 Å². The number of aryl methyl sites for hydroxylation is 1. The lowest BCUT2D eigenvalue weighted by atomic mass is 10.3. The third-order valence-corrected chi connectivity index (χ3v) is 3.62. The third-order valence-electron chi connectivity index (χ3n) is 3.62. The van der Waals surface area contributed by atoms with Crippen molar-refractivity contribution in [3.05, 3.63) is 33.6 Å². The van der Waals surface area contributed by atoms with E-state index in [2.05, 4.69) is 20.2 Å². The number of ether oxygens (including phenoxy) is 1. The van der Waals surface area contributed by atoms with Gasteiger partial charge in [-0.1, -0.05) is 0 Å². The minimum Gasteiger partial charge on any atom is -0.378 e. The van der Waals surface area contributed by atoms with Crippen LogP contribution in [0.15, 0.2) is 12.1 Å². The molecule has 0 aromatic carbocycles. The highest BCUT2D eigenvalue weighted by molar-refractivity contribution is 5.45. The maximum Gasteiger partial charge on any atom is 0.313 e. The molecule has 0 atom stereocenters. The second-order valence-corrected chi connectivity index (χ2v) is 5.04. The van der Waals surface area contributed by atoms with Gasteiger partial charge in [0.2, 0.25) is 0 Å². The Morgan fingerprint density at radius 1 is 1.18 bits per heavy atom. The molecule has 0 spiro atoms. The van der Waals surface area contributed by atoms with Crippen LogP contribution in [0.3, 0.4) is 0 Å². The van der Waals surface area contributed by atoms with E-state index in [-0.39, 0.29) is 5.69 Å². The molecule has 116 valence electrons. The number of morpholine rings is 1. The van der Waals surface area contributed by atoms with Crippen molar-refractivity contribution in [2.75, 3.05) is 31.2 Å².